The molecule has 1 aliphatic rings. The molecule has 0 spiro atoms. The van der Waals surface area contributed by atoms with Crippen molar-refractivity contribution >= 4 is 6.09 Å². The molecule has 5 heteroatoms. The van der Waals surface area contributed by atoms with Gasteiger partial charge in [0.2, 0.25) is 0 Å². The third-order valence-corrected chi connectivity index (χ3v) is 4.03. The minimum absolute atomic E-state index is 0.364. The van der Waals surface area contributed by atoms with E-state index < -0.39 is 0 Å². The molecule has 0 saturated carbocycles. The highest BCUT2D eigenvalue weighted by Crippen LogP contribution is 2.30. The highest BCUT2D eigenvalue weighted by molar-refractivity contribution is 5.70. The van der Waals surface area contributed by atoms with E-state index in [0.29, 0.717) is 11.8 Å². The van der Waals surface area contributed by atoms with Crippen LogP contribution in [0.25, 0.3) is 0 Å². The van der Waals surface area contributed by atoms with Crippen molar-refractivity contribution in [2.75, 3.05) is 33.8 Å². The van der Waals surface area contributed by atoms with Gasteiger partial charge in [0, 0.05) is 20.1 Å². The maximum atomic E-state index is 11.7. The fraction of sp³-hybridized carbons (Fsp3) is 0.611. The Morgan fingerprint density at radius 3 is 2.57 bits per heavy atom. The third-order valence-electron chi connectivity index (χ3n) is 4.03. The molecule has 1 aliphatic heterocycles. The molecule has 2 rings (SSSR count). The van der Waals surface area contributed by atoms with Gasteiger partial charge in [-0.25, -0.2) is 4.79 Å². The number of nitrogens with zero attached hydrogens (tertiary/aromatic N) is 2. The van der Waals surface area contributed by atoms with Gasteiger partial charge in [0.25, 0.3) is 0 Å². The molecular weight excluding hydrogens is 292 g/mol. The van der Waals surface area contributed by atoms with Crippen LogP contribution < -0.4 is 9.47 Å². The second-order valence-electron chi connectivity index (χ2n) is 6.24. The van der Waals surface area contributed by atoms with Crippen LogP contribution in [-0.2, 0) is 6.42 Å². The molecule has 0 aromatic heterocycles. The second kappa shape index (κ2) is 8.20. The fourth-order valence-electron chi connectivity index (χ4n) is 2.90. The summed E-state index contributed by atoms with van der Waals surface area (Å²) >= 11 is 0. The van der Waals surface area contributed by atoms with Crippen molar-refractivity contribution in [1.29, 1.82) is 0 Å². The molecule has 0 bridgehead atoms. The van der Waals surface area contributed by atoms with Crippen molar-refractivity contribution in [3.05, 3.63) is 23.8 Å². The van der Waals surface area contributed by atoms with Crippen LogP contribution in [0.15, 0.2) is 18.2 Å². The first-order chi connectivity index (χ1) is 11.0. The van der Waals surface area contributed by atoms with E-state index in [1.807, 2.05) is 12.1 Å². The van der Waals surface area contributed by atoms with Crippen LogP contribution in [0, 0.1) is 0 Å². The van der Waals surface area contributed by atoms with Crippen molar-refractivity contribution in [3.8, 4) is 11.5 Å². The standard InChI is InChI=1S/C18H28N2O3/c1-5-9-20(10-6-2)15-11-14-12-16(23-18(21)19(3)4)7-8-17(14)22-13-15/h7-8,12,15H,5-6,9-11,13H2,1-4H3. The van der Waals surface area contributed by atoms with Gasteiger partial charge in [0.1, 0.15) is 18.1 Å². The number of rotatable bonds is 6. The Morgan fingerprint density at radius 2 is 1.96 bits per heavy atom. The lowest BCUT2D eigenvalue weighted by atomic mass is 10.0. The summed E-state index contributed by atoms with van der Waals surface area (Å²) in [5.74, 6) is 1.48. The molecule has 0 N–H and O–H groups in total. The van der Waals surface area contributed by atoms with Gasteiger partial charge in [-0.05, 0) is 56.1 Å². The average molecular weight is 320 g/mol. The summed E-state index contributed by atoms with van der Waals surface area (Å²) in [5, 5.41) is 0. The topological polar surface area (TPSA) is 42.0 Å². The second-order valence-corrected chi connectivity index (χ2v) is 6.24. The van der Waals surface area contributed by atoms with E-state index in [9.17, 15) is 4.79 Å². The highest BCUT2D eigenvalue weighted by atomic mass is 16.6. The summed E-state index contributed by atoms with van der Waals surface area (Å²) in [6, 6.07) is 6.01. The van der Waals surface area contributed by atoms with Crippen LogP contribution in [0.1, 0.15) is 32.3 Å². The molecule has 0 fully saturated rings. The van der Waals surface area contributed by atoms with Gasteiger partial charge in [0.15, 0.2) is 0 Å². The van der Waals surface area contributed by atoms with Crippen molar-refractivity contribution in [1.82, 2.24) is 9.80 Å². The van der Waals surface area contributed by atoms with E-state index in [1.165, 1.54) is 4.90 Å². The Morgan fingerprint density at radius 1 is 1.26 bits per heavy atom. The average Bonchev–Trinajstić information content (AvgIpc) is 2.54. The zero-order valence-electron chi connectivity index (χ0n) is 14.7. The molecular formula is C18H28N2O3. The van der Waals surface area contributed by atoms with Crippen LogP contribution in [0.4, 0.5) is 4.79 Å². The van der Waals surface area contributed by atoms with Crippen molar-refractivity contribution in [2.45, 2.75) is 39.2 Å². The maximum Gasteiger partial charge on any atom is 0.414 e. The summed E-state index contributed by atoms with van der Waals surface area (Å²) in [6.07, 6.45) is 2.85. The minimum Gasteiger partial charge on any atom is -0.492 e. The normalized spacial score (nSPS) is 16.7. The number of benzene rings is 1. The molecule has 0 aliphatic carbocycles. The molecule has 1 unspecified atom stereocenters. The first kappa shape index (κ1) is 17.6. The van der Waals surface area contributed by atoms with Crippen LogP contribution in [-0.4, -0.2) is 55.7 Å². The minimum atomic E-state index is -0.364. The van der Waals surface area contributed by atoms with Gasteiger partial charge >= 0.3 is 6.09 Å². The Labute approximate surface area is 139 Å². The fourth-order valence-corrected chi connectivity index (χ4v) is 2.90. The Hall–Kier alpha value is -1.75. The molecule has 1 atom stereocenters. The number of hydrogen-bond acceptors (Lipinski definition) is 4. The molecule has 0 radical (unpaired) electrons. The van der Waals surface area contributed by atoms with Crippen molar-refractivity contribution in [3.63, 3.8) is 0 Å². The molecule has 23 heavy (non-hydrogen) atoms. The summed E-state index contributed by atoms with van der Waals surface area (Å²) < 4.78 is 11.3. The molecule has 5 nitrogen and oxygen atoms in total. The van der Waals surface area contributed by atoms with Crippen LogP contribution >= 0.6 is 0 Å². The maximum absolute atomic E-state index is 11.7. The van der Waals surface area contributed by atoms with Gasteiger partial charge in [-0.3, -0.25) is 4.90 Å². The van der Waals surface area contributed by atoms with E-state index in [-0.39, 0.29) is 6.09 Å². The zero-order valence-corrected chi connectivity index (χ0v) is 14.7. The lowest BCUT2D eigenvalue weighted by Crippen LogP contribution is -2.44. The lowest BCUT2D eigenvalue weighted by Gasteiger charge is -2.35. The highest BCUT2D eigenvalue weighted by Gasteiger charge is 2.25. The number of hydrogen-bond donors (Lipinski definition) is 0. The van der Waals surface area contributed by atoms with Gasteiger partial charge in [-0.1, -0.05) is 13.8 Å². The lowest BCUT2D eigenvalue weighted by molar-refractivity contribution is 0.119. The van der Waals surface area contributed by atoms with Gasteiger partial charge in [-0.2, -0.15) is 0 Å². The van der Waals surface area contributed by atoms with Crippen molar-refractivity contribution in [2.24, 2.45) is 0 Å². The summed E-state index contributed by atoms with van der Waals surface area (Å²) in [7, 11) is 3.35. The Balaban J connectivity index is 2.10. The first-order valence-corrected chi connectivity index (χ1v) is 8.44. The molecule has 1 amide bonds. The van der Waals surface area contributed by atoms with E-state index in [0.717, 1.165) is 50.3 Å². The predicted octanol–water partition coefficient (Wildman–Crippen LogP) is 3.17. The molecule has 1 aromatic carbocycles. The van der Waals surface area contributed by atoms with E-state index in [1.54, 1.807) is 20.2 Å². The molecule has 0 saturated heterocycles. The van der Waals surface area contributed by atoms with Gasteiger partial charge in [0.05, 0.1) is 0 Å². The molecule has 1 aromatic rings. The smallest absolute Gasteiger partial charge is 0.414 e. The van der Waals surface area contributed by atoms with E-state index in [4.69, 9.17) is 9.47 Å². The van der Waals surface area contributed by atoms with E-state index in [2.05, 4.69) is 18.7 Å². The largest absolute Gasteiger partial charge is 0.492 e. The quantitative estimate of drug-likeness (QED) is 0.807. The summed E-state index contributed by atoms with van der Waals surface area (Å²) in [5.41, 5.74) is 1.11. The number of ether oxygens (including phenoxy) is 2. The zero-order chi connectivity index (χ0) is 16.8. The van der Waals surface area contributed by atoms with Crippen LogP contribution in [0.2, 0.25) is 0 Å². The first-order valence-electron chi connectivity index (χ1n) is 8.44. The number of carbonyl (C=O) groups is 1. The number of amides is 1. The van der Waals surface area contributed by atoms with Crippen molar-refractivity contribution < 1.29 is 14.3 Å². The van der Waals surface area contributed by atoms with Crippen LogP contribution in [0.5, 0.6) is 11.5 Å². The van der Waals surface area contributed by atoms with E-state index >= 15 is 0 Å². The third kappa shape index (κ3) is 4.61. The molecule has 1 heterocycles. The Kier molecular flexibility index (Phi) is 6.28. The summed E-state index contributed by atoms with van der Waals surface area (Å²) in [6.45, 7) is 7.32. The molecule has 128 valence electrons. The summed E-state index contributed by atoms with van der Waals surface area (Å²) in [4.78, 5) is 15.6. The predicted molar refractivity (Wildman–Crippen MR) is 91.3 cm³/mol. The monoisotopic (exact) mass is 320 g/mol. The van der Waals surface area contributed by atoms with Gasteiger partial charge in [-0.15, -0.1) is 0 Å². The number of carbonyl (C=O) groups excluding carboxylic acids is 1. The van der Waals surface area contributed by atoms with Gasteiger partial charge < -0.3 is 14.4 Å². The SMILES string of the molecule is CCCN(CCC)C1COc2ccc(OC(=O)N(C)C)cc2C1. The Bertz CT molecular complexity index is 525. The number of fused-ring (bicyclic) bond motifs is 1. The van der Waals surface area contributed by atoms with Crippen LogP contribution in [0.3, 0.4) is 0 Å².